The number of benzene rings is 1. The van der Waals surface area contributed by atoms with Crippen LogP contribution in [0, 0.1) is 5.82 Å². The highest BCUT2D eigenvalue weighted by Crippen LogP contribution is 2.35. The van der Waals surface area contributed by atoms with Gasteiger partial charge in [-0.25, -0.2) is 14.0 Å². The Hall–Kier alpha value is -2.80. The Bertz CT molecular complexity index is 937. The summed E-state index contributed by atoms with van der Waals surface area (Å²) in [5.74, 6) is -1.60. The summed E-state index contributed by atoms with van der Waals surface area (Å²) in [6.45, 7) is 2.26. The molecule has 9 nitrogen and oxygen atoms in total. The van der Waals surface area contributed by atoms with Gasteiger partial charge in [-0.3, -0.25) is 0 Å². The number of hydrogen-bond donors (Lipinski definition) is 3. The number of carbonyl (C=O) groups excluding carboxylic acids is 2. The molecule has 0 radical (unpaired) electrons. The molecule has 1 aromatic rings. The van der Waals surface area contributed by atoms with Crippen molar-refractivity contribution < 1.29 is 36.6 Å². The number of hydrogen-bond acceptors (Lipinski definition) is 5. The number of ether oxygens (including phenoxy) is 2. The van der Waals surface area contributed by atoms with Crippen molar-refractivity contribution in [1.82, 2.24) is 25.8 Å². The average molecular weight is 503 g/mol. The summed E-state index contributed by atoms with van der Waals surface area (Å²) in [5.41, 5.74) is -0.600. The smallest absolute Gasteiger partial charge is 0.406 e. The molecule has 1 spiro atoms. The van der Waals surface area contributed by atoms with Crippen molar-refractivity contribution >= 4 is 12.1 Å². The Labute approximate surface area is 200 Å². The number of rotatable bonds is 5. The fraction of sp³-hybridized carbons (Fsp3) is 0.636. The van der Waals surface area contributed by atoms with Gasteiger partial charge >= 0.3 is 18.4 Å². The third-order valence-corrected chi connectivity index (χ3v) is 6.41. The minimum Gasteiger partial charge on any atom is -0.406 e. The first-order chi connectivity index (χ1) is 16.6. The molecule has 1 unspecified atom stereocenters. The third-order valence-electron chi connectivity index (χ3n) is 6.41. The lowest BCUT2D eigenvalue weighted by Gasteiger charge is -2.50. The number of morpholine rings is 1. The molecular formula is C22H29F4N5O4. The molecule has 2 aliphatic heterocycles. The van der Waals surface area contributed by atoms with Crippen molar-refractivity contribution in [2.24, 2.45) is 0 Å². The summed E-state index contributed by atoms with van der Waals surface area (Å²) < 4.78 is 61.2. The number of likely N-dealkylation sites (tertiary alicyclic amines) is 1. The van der Waals surface area contributed by atoms with Crippen LogP contribution in [0.3, 0.4) is 0 Å². The summed E-state index contributed by atoms with van der Waals surface area (Å²) in [5, 5.41) is 8.62. The normalized spacial score (nSPS) is 24.7. The first-order valence-corrected chi connectivity index (χ1v) is 11.5. The lowest BCUT2D eigenvalue weighted by Crippen LogP contribution is -2.67. The Kier molecular flexibility index (Phi) is 7.27. The maximum atomic E-state index is 14.3. The molecule has 35 heavy (non-hydrogen) atoms. The van der Waals surface area contributed by atoms with Crippen molar-refractivity contribution in [2.75, 3.05) is 39.8 Å². The second kappa shape index (κ2) is 10.1. The lowest BCUT2D eigenvalue weighted by molar-refractivity contribution is -0.274. The van der Waals surface area contributed by atoms with E-state index in [1.807, 2.05) is 0 Å². The third kappa shape index (κ3) is 6.26. The Morgan fingerprint density at radius 3 is 2.69 bits per heavy atom. The molecular weight excluding hydrogens is 474 g/mol. The second-order valence-corrected chi connectivity index (χ2v) is 9.10. The van der Waals surface area contributed by atoms with E-state index < -0.39 is 29.6 Å². The highest BCUT2D eigenvalue weighted by molar-refractivity contribution is 5.76. The maximum Gasteiger partial charge on any atom is 0.573 e. The van der Waals surface area contributed by atoms with Gasteiger partial charge in [-0.1, -0.05) is 6.07 Å². The molecule has 3 aliphatic rings. The zero-order valence-corrected chi connectivity index (χ0v) is 19.3. The summed E-state index contributed by atoms with van der Waals surface area (Å²) >= 11 is 0. The van der Waals surface area contributed by atoms with Crippen molar-refractivity contribution in [3.05, 3.63) is 29.6 Å². The van der Waals surface area contributed by atoms with Crippen LogP contribution in [-0.2, 0) is 11.3 Å². The molecule has 3 N–H and O–H groups in total. The highest BCUT2D eigenvalue weighted by atomic mass is 19.4. The first-order valence-electron chi connectivity index (χ1n) is 11.5. The summed E-state index contributed by atoms with van der Waals surface area (Å²) in [4.78, 5) is 29.0. The average Bonchev–Trinajstić information content (AvgIpc) is 3.62. The van der Waals surface area contributed by atoms with Crippen LogP contribution < -0.4 is 20.7 Å². The predicted octanol–water partition coefficient (Wildman–Crippen LogP) is 2.17. The molecule has 4 amide bonds. The Morgan fingerprint density at radius 1 is 1.31 bits per heavy atom. The fourth-order valence-electron chi connectivity index (χ4n) is 4.78. The molecule has 194 valence electrons. The molecule has 0 bridgehead atoms. The van der Waals surface area contributed by atoms with Crippen molar-refractivity contribution in [1.29, 1.82) is 0 Å². The summed E-state index contributed by atoms with van der Waals surface area (Å²) in [6.07, 6.45) is -2.76. The number of nitrogens with one attached hydrogen (secondary N) is 3. The lowest BCUT2D eigenvalue weighted by atomic mass is 9.87. The minimum absolute atomic E-state index is 0.00866. The quantitative estimate of drug-likeness (QED) is 0.536. The van der Waals surface area contributed by atoms with Gasteiger partial charge in [0.2, 0.25) is 0 Å². The number of nitrogens with zero attached hydrogens (tertiary/aromatic N) is 2. The van der Waals surface area contributed by atoms with E-state index in [-0.39, 0.29) is 30.2 Å². The SMILES string of the molecule is CNC(=O)N1C[C@H](N(C(=O)NCc2ccc(OC(F)(F)F)cc2F)C2CC2)CC2(CNCCO2)C1. The van der Waals surface area contributed by atoms with E-state index in [0.717, 1.165) is 25.0 Å². The molecule has 2 heterocycles. The van der Waals surface area contributed by atoms with E-state index in [1.165, 1.54) is 0 Å². The Morgan fingerprint density at radius 2 is 2.09 bits per heavy atom. The van der Waals surface area contributed by atoms with Crippen LogP contribution in [0.5, 0.6) is 5.75 Å². The molecule has 13 heteroatoms. The van der Waals surface area contributed by atoms with Crippen LogP contribution in [0.25, 0.3) is 0 Å². The minimum atomic E-state index is -4.93. The van der Waals surface area contributed by atoms with Crippen LogP contribution in [0.1, 0.15) is 24.8 Å². The van der Waals surface area contributed by atoms with Crippen molar-refractivity contribution in [3.63, 3.8) is 0 Å². The molecule has 4 rings (SSSR count). The first kappa shape index (κ1) is 25.3. The van der Waals surface area contributed by atoms with Gasteiger partial charge in [-0.2, -0.15) is 0 Å². The maximum absolute atomic E-state index is 14.3. The molecule has 1 saturated carbocycles. The van der Waals surface area contributed by atoms with E-state index in [1.54, 1.807) is 16.8 Å². The molecule has 2 saturated heterocycles. The van der Waals surface area contributed by atoms with E-state index in [0.29, 0.717) is 45.3 Å². The van der Waals surface area contributed by atoms with Crippen LogP contribution in [0.2, 0.25) is 0 Å². The number of piperidine rings is 1. The van der Waals surface area contributed by atoms with Gasteiger partial charge < -0.3 is 35.2 Å². The van der Waals surface area contributed by atoms with E-state index in [4.69, 9.17) is 4.74 Å². The van der Waals surface area contributed by atoms with Gasteiger partial charge in [0.25, 0.3) is 0 Å². The Balaban J connectivity index is 1.46. The zero-order valence-electron chi connectivity index (χ0n) is 19.3. The predicted molar refractivity (Wildman–Crippen MR) is 116 cm³/mol. The van der Waals surface area contributed by atoms with Gasteiger partial charge in [0.15, 0.2) is 0 Å². The van der Waals surface area contributed by atoms with Gasteiger partial charge in [0, 0.05) is 57.3 Å². The highest BCUT2D eigenvalue weighted by Gasteiger charge is 2.48. The largest absolute Gasteiger partial charge is 0.573 e. The standard InChI is InChI=1S/C22H29F4N5O4/c1-27-19(32)30-11-16(9-21(13-30)12-28-6-7-34-21)31(15-3-4-15)20(33)29-10-14-2-5-17(8-18(14)23)35-22(24,25)26/h2,5,8,15-16,28H,3-4,6-7,9-13H2,1H3,(H,27,32)(H,29,33)/t16-,21?/m1/s1. The van der Waals surface area contributed by atoms with Gasteiger partial charge in [-0.15, -0.1) is 13.2 Å². The molecule has 1 aliphatic carbocycles. The van der Waals surface area contributed by atoms with Crippen LogP contribution in [0.15, 0.2) is 18.2 Å². The second-order valence-electron chi connectivity index (χ2n) is 9.10. The van der Waals surface area contributed by atoms with Crippen molar-refractivity contribution in [2.45, 2.75) is 49.9 Å². The van der Waals surface area contributed by atoms with Gasteiger partial charge in [0.05, 0.1) is 19.2 Å². The number of halogens is 4. The topological polar surface area (TPSA) is 95.2 Å². The van der Waals surface area contributed by atoms with Crippen LogP contribution >= 0.6 is 0 Å². The number of amides is 4. The van der Waals surface area contributed by atoms with E-state index in [9.17, 15) is 27.2 Å². The van der Waals surface area contributed by atoms with Gasteiger partial charge in [0.1, 0.15) is 17.2 Å². The van der Waals surface area contributed by atoms with E-state index >= 15 is 0 Å². The molecule has 3 fully saturated rings. The number of carbonyl (C=O) groups is 2. The number of alkyl halides is 3. The molecule has 1 aromatic carbocycles. The fourth-order valence-corrected chi connectivity index (χ4v) is 4.78. The van der Waals surface area contributed by atoms with Gasteiger partial charge in [-0.05, 0) is 18.9 Å². The number of urea groups is 2. The van der Waals surface area contributed by atoms with Crippen LogP contribution in [0.4, 0.5) is 27.2 Å². The van der Waals surface area contributed by atoms with Crippen molar-refractivity contribution in [3.8, 4) is 5.75 Å². The zero-order chi connectivity index (χ0) is 25.2. The summed E-state index contributed by atoms with van der Waals surface area (Å²) in [6, 6.07) is 1.76. The monoisotopic (exact) mass is 503 g/mol. The van der Waals surface area contributed by atoms with Crippen LogP contribution in [-0.4, -0.2) is 85.7 Å². The molecule has 0 aromatic heterocycles. The molecule has 2 atom stereocenters. The summed E-state index contributed by atoms with van der Waals surface area (Å²) in [7, 11) is 1.55. The van der Waals surface area contributed by atoms with E-state index in [2.05, 4.69) is 20.7 Å².